The van der Waals surface area contributed by atoms with Gasteiger partial charge in [0.25, 0.3) is 11.1 Å². The summed E-state index contributed by atoms with van der Waals surface area (Å²) in [6, 6.07) is 6.90. The van der Waals surface area contributed by atoms with E-state index in [4.69, 9.17) is 4.74 Å². The van der Waals surface area contributed by atoms with E-state index < -0.39 is 0 Å². The topological polar surface area (TPSA) is 64.1 Å². The third kappa shape index (κ3) is 2.65. The van der Waals surface area contributed by atoms with Crippen molar-refractivity contribution in [3.05, 3.63) is 45.0 Å². The first-order valence-corrected chi connectivity index (χ1v) is 7.69. The molecule has 2 aromatic rings. The molecular formula is C15H18N2O3S. The Kier molecular flexibility index (Phi) is 3.91. The summed E-state index contributed by atoms with van der Waals surface area (Å²) in [7, 11) is 0. The van der Waals surface area contributed by atoms with E-state index in [2.05, 4.69) is 17.7 Å². The molecule has 0 aliphatic carbocycles. The Morgan fingerprint density at radius 3 is 2.52 bits per heavy atom. The standard InChI is InChI=1S/C15H18N2O3S/c18-13-11-3-1-2-4-12(11)14(19)17(16-13)9-15(10-21)5-7-20-8-6-15/h1-4,21H,5-10H2,(H,16,18). The molecule has 6 heteroatoms. The van der Waals surface area contributed by atoms with Crippen LogP contribution in [0.1, 0.15) is 12.8 Å². The predicted molar refractivity (Wildman–Crippen MR) is 85.2 cm³/mol. The van der Waals surface area contributed by atoms with Gasteiger partial charge in [-0.1, -0.05) is 12.1 Å². The van der Waals surface area contributed by atoms with Crippen molar-refractivity contribution in [1.82, 2.24) is 9.78 Å². The molecule has 0 bridgehead atoms. The second-order valence-corrected chi connectivity index (χ2v) is 5.96. The summed E-state index contributed by atoms with van der Waals surface area (Å²) in [5.74, 6) is 0.664. The van der Waals surface area contributed by atoms with Crippen LogP contribution < -0.4 is 11.1 Å². The second kappa shape index (κ2) is 5.69. The van der Waals surface area contributed by atoms with Crippen LogP contribution in [0.15, 0.2) is 33.9 Å². The van der Waals surface area contributed by atoms with Gasteiger partial charge in [0.1, 0.15) is 0 Å². The Labute approximate surface area is 127 Å². The zero-order valence-corrected chi connectivity index (χ0v) is 12.6. The number of hydrogen-bond acceptors (Lipinski definition) is 4. The van der Waals surface area contributed by atoms with Crippen LogP contribution in [0, 0.1) is 5.41 Å². The number of rotatable bonds is 3. The number of hydrogen-bond donors (Lipinski definition) is 2. The van der Waals surface area contributed by atoms with E-state index in [0.717, 1.165) is 12.8 Å². The zero-order valence-electron chi connectivity index (χ0n) is 11.7. The molecule has 1 saturated heterocycles. The SMILES string of the molecule is O=c1[nH]n(CC2(CS)CCOCC2)c(=O)c2ccccc12. The average Bonchev–Trinajstić information content (AvgIpc) is 2.53. The van der Waals surface area contributed by atoms with Crippen molar-refractivity contribution in [2.24, 2.45) is 5.41 Å². The molecule has 0 atom stereocenters. The van der Waals surface area contributed by atoms with Crippen molar-refractivity contribution in [3.8, 4) is 0 Å². The van der Waals surface area contributed by atoms with E-state index in [1.165, 1.54) is 4.68 Å². The summed E-state index contributed by atoms with van der Waals surface area (Å²) in [5.41, 5.74) is -0.485. The Bertz CT molecular complexity index is 759. The van der Waals surface area contributed by atoms with E-state index in [1.54, 1.807) is 24.3 Å². The van der Waals surface area contributed by atoms with Gasteiger partial charge in [0.2, 0.25) is 0 Å². The van der Waals surface area contributed by atoms with Crippen LogP contribution >= 0.6 is 12.6 Å². The maximum atomic E-state index is 12.5. The minimum atomic E-state index is -0.230. The number of nitrogens with one attached hydrogen (secondary N) is 1. The summed E-state index contributed by atoms with van der Waals surface area (Å²) in [4.78, 5) is 24.7. The Hall–Kier alpha value is -1.53. The molecule has 2 heterocycles. The van der Waals surface area contributed by atoms with E-state index in [1.807, 2.05) is 0 Å². The van der Waals surface area contributed by atoms with Crippen LogP contribution in [0.2, 0.25) is 0 Å². The monoisotopic (exact) mass is 306 g/mol. The van der Waals surface area contributed by atoms with Crippen LogP contribution in [0.3, 0.4) is 0 Å². The molecule has 5 nitrogen and oxygen atoms in total. The average molecular weight is 306 g/mol. The number of H-pyrrole nitrogens is 1. The summed E-state index contributed by atoms with van der Waals surface area (Å²) >= 11 is 4.45. The first kappa shape index (κ1) is 14.4. The lowest BCUT2D eigenvalue weighted by atomic mass is 9.82. The quantitative estimate of drug-likeness (QED) is 0.843. The van der Waals surface area contributed by atoms with Crippen molar-refractivity contribution in [1.29, 1.82) is 0 Å². The molecule has 3 rings (SSSR count). The number of thiol groups is 1. The smallest absolute Gasteiger partial charge is 0.273 e. The summed E-state index contributed by atoms with van der Waals surface area (Å²) < 4.78 is 6.83. The molecule has 0 saturated carbocycles. The van der Waals surface area contributed by atoms with Crippen molar-refractivity contribution in [3.63, 3.8) is 0 Å². The lowest BCUT2D eigenvalue weighted by Gasteiger charge is -2.36. The highest BCUT2D eigenvalue weighted by Crippen LogP contribution is 2.33. The number of nitrogens with zero attached hydrogens (tertiary/aromatic N) is 1. The van der Waals surface area contributed by atoms with Gasteiger partial charge in [-0.2, -0.15) is 12.6 Å². The molecule has 1 fully saturated rings. The van der Waals surface area contributed by atoms with Gasteiger partial charge >= 0.3 is 0 Å². The van der Waals surface area contributed by atoms with Gasteiger partial charge in [-0.15, -0.1) is 0 Å². The molecule has 0 spiro atoms. The van der Waals surface area contributed by atoms with Gasteiger partial charge in [0, 0.05) is 25.2 Å². The van der Waals surface area contributed by atoms with Gasteiger partial charge in [0.15, 0.2) is 0 Å². The van der Waals surface area contributed by atoms with Gasteiger partial charge in [0.05, 0.1) is 10.8 Å². The zero-order chi connectivity index (χ0) is 14.9. The van der Waals surface area contributed by atoms with E-state index in [0.29, 0.717) is 36.3 Å². The van der Waals surface area contributed by atoms with Gasteiger partial charge in [-0.25, -0.2) is 4.68 Å². The van der Waals surface area contributed by atoms with Gasteiger partial charge in [-0.3, -0.25) is 14.7 Å². The highest BCUT2D eigenvalue weighted by Gasteiger charge is 2.32. The normalized spacial score (nSPS) is 18.0. The molecular weight excluding hydrogens is 288 g/mol. The van der Waals surface area contributed by atoms with Gasteiger partial charge < -0.3 is 4.74 Å². The molecule has 1 aromatic carbocycles. The number of ether oxygens (including phenoxy) is 1. The lowest BCUT2D eigenvalue weighted by Crippen LogP contribution is -2.41. The number of aromatic amines is 1. The minimum absolute atomic E-state index is 0.101. The van der Waals surface area contributed by atoms with E-state index >= 15 is 0 Å². The van der Waals surface area contributed by atoms with Crippen molar-refractivity contribution in [2.75, 3.05) is 19.0 Å². The van der Waals surface area contributed by atoms with Crippen LogP contribution in [-0.2, 0) is 11.3 Å². The molecule has 0 unspecified atom stereocenters. The number of fused-ring (bicyclic) bond motifs is 1. The van der Waals surface area contributed by atoms with Gasteiger partial charge in [-0.05, 0) is 30.7 Å². The first-order chi connectivity index (χ1) is 10.2. The highest BCUT2D eigenvalue weighted by molar-refractivity contribution is 7.80. The third-order valence-electron chi connectivity index (χ3n) is 4.27. The summed E-state index contributed by atoms with van der Waals surface area (Å²) in [6.45, 7) is 1.82. The molecule has 21 heavy (non-hydrogen) atoms. The van der Waals surface area contributed by atoms with E-state index in [-0.39, 0.29) is 16.5 Å². The maximum absolute atomic E-state index is 12.5. The van der Waals surface area contributed by atoms with Crippen LogP contribution in [0.5, 0.6) is 0 Å². The second-order valence-electron chi connectivity index (χ2n) is 5.65. The Balaban J connectivity index is 2.07. The maximum Gasteiger partial charge on any atom is 0.273 e. The number of benzene rings is 1. The number of aromatic nitrogens is 2. The fraction of sp³-hybridized carbons (Fsp3) is 0.467. The minimum Gasteiger partial charge on any atom is -0.381 e. The van der Waals surface area contributed by atoms with E-state index in [9.17, 15) is 9.59 Å². The third-order valence-corrected chi connectivity index (χ3v) is 4.94. The molecule has 112 valence electrons. The molecule has 0 radical (unpaired) electrons. The molecule has 1 N–H and O–H groups in total. The molecule has 1 aliphatic heterocycles. The van der Waals surface area contributed by atoms with Crippen molar-refractivity contribution >= 4 is 23.4 Å². The first-order valence-electron chi connectivity index (χ1n) is 7.06. The molecule has 1 aromatic heterocycles. The van der Waals surface area contributed by atoms with Crippen molar-refractivity contribution < 1.29 is 4.74 Å². The van der Waals surface area contributed by atoms with Crippen LogP contribution in [-0.4, -0.2) is 28.7 Å². The Morgan fingerprint density at radius 2 is 1.86 bits per heavy atom. The fourth-order valence-electron chi connectivity index (χ4n) is 2.86. The van der Waals surface area contributed by atoms with Crippen LogP contribution in [0.4, 0.5) is 0 Å². The largest absolute Gasteiger partial charge is 0.381 e. The fourth-order valence-corrected chi connectivity index (χ4v) is 3.28. The Morgan fingerprint density at radius 1 is 1.19 bits per heavy atom. The highest BCUT2D eigenvalue weighted by atomic mass is 32.1. The van der Waals surface area contributed by atoms with Crippen molar-refractivity contribution in [2.45, 2.75) is 19.4 Å². The molecule has 1 aliphatic rings. The summed E-state index contributed by atoms with van der Waals surface area (Å²) in [5, 5.41) is 3.60. The lowest BCUT2D eigenvalue weighted by molar-refractivity contribution is 0.0158. The summed E-state index contributed by atoms with van der Waals surface area (Å²) in [6.07, 6.45) is 1.69. The predicted octanol–water partition coefficient (Wildman–Crippen LogP) is 1.42. The van der Waals surface area contributed by atoms with Crippen LogP contribution in [0.25, 0.3) is 10.8 Å². The molecule has 0 amide bonds.